The number of benzene rings is 2. The van der Waals surface area contributed by atoms with Crippen LogP contribution < -0.4 is 5.69 Å². The van der Waals surface area contributed by atoms with Crippen molar-refractivity contribution in [3.63, 3.8) is 0 Å². The molecule has 2 aromatic carbocycles. The molecule has 5 nitrogen and oxygen atoms in total. The first kappa shape index (κ1) is 16.6. The summed E-state index contributed by atoms with van der Waals surface area (Å²) >= 11 is 0. The summed E-state index contributed by atoms with van der Waals surface area (Å²) in [6.45, 7) is 3.43. The van der Waals surface area contributed by atoms with Gasteiger partial charge >= 0.3 is 5.69 Å². The molecule has 1 aliphatic heterocycles. The number of aromatic amines is 1. The Kier molecular flexibility index (Phi) is 4.37. The van der Waals surface area contributed by atoms with Crippen molar-refractivity contribution in [1.82, 2.24) is 14.5 Å². The summed E-state index contributed by atoms with van der Waals surface area (Å²) < 4.78 is 1.86. The van der Waals surface area contributed by atoms with Crippen LogP contribution in [-0.4, -0.2) is 33.4 Å². The average molecular weight is 349 g/mol. The van der Waals surface area contributed by atoms with Crippen molar-refractivity contribution >= 4 is 16.9 Å². The Morgan fingerprint density at radius 1 is 1.12 bits per heavy atom. The Labute approximate surface area is 152 Å². The van der Waals surface area contributed by atoms with Crippen molar-refractivity contribution in [1.29, 1.82) is 0 Å². The van der Waals surface area contributed by atoms with Crippen LogP contribution in [0.4, 0.5) is 0 Å². The van der Waals surface area contributed by atoms with Gasteiger partial charge in [-0.3, -0.25) is 9.36 Å². The minimum atomic E-state index is -0.0595. The van der Waals surface area contributed by atoms with Gasteiger partial charge in [-0.2, -0.15) is 0 Å². The number of hydrogen-bond donors (Lipinski definition) is 1. The van der Waals surface area contributed by atoms with E-state index < -0.39 is 0 Å². The quantitative estimate of drug-likeness (QED) is 0.790. The van der Waals surface area contributed by atoms with Gasteiger partial charge in [-0.15, -0.1) is 0 Å². The zero-order chi connectivity index (χ0) is 18.1. The van der Waals surface area contributed by atoms with Gasteiger partial charge in [-0.05, 0) is 37.5 Å². The van der Waals surface area contributed by atoms with Gasteiger partial charge in [0.05, 0.1) is 17.5 Å². The highest BCUT2D eigenvalue weighted by Crippen LogP contribution is 2.25. The van der Waals surface area contributed by atoms with Crippen molar-refractivity contribution < 1.29 is 4.79 Å². The van der Waals surface area contributed by atoms with Crippen LogP contribution in [0.3, 0.4) is 0 Å². The zero-order valence-corrected chi connectivity index (χ0v) is 14.9. The molecule has 1 amide bonds. The summed E-state index contributed by atoms with van der Waals surface area (Å²) in [5.74, 6) is 0.167. The maximum absolute atomic E-state index is 12.6. The van der Waals surface area contributed by atoms with Crippen molar-refractivity contribution in [2.45, 2.75) is 32.2 Å². The van der Waals surface area contributed by atoms with Gasteiger partial charge in [0, 0.05) is 19.1 Å². The van der Waals surface area contributed by atoms with Gasteiger partial charge in [-0.25, -0.2) is 4.79 Å². The predicted octanol–water partition coefficient (Wildman–Crippen LogP) is 3.04. The summed E-state index contributed by atoms with van der Waals surface area (Å²) in [4.78, 5) is 29.8. The lowest BCUT2D eigenvalue weighted by atomic mass is 10.0. The van der Waals surface area contributed by atoms with Crippen LogP contribution in [0.5, 0.6) is 0 Å². The minimum absolute atomic E-state index is 0.0595. The number of carbonyl (C=O) groups is 1. The molecule has 0 spiro atoms. The van der Waals surface area contributed by atoms with Crippen molar-refractivity contribution in [2.24, 2.45) is 0 Å². The van der Waals surface area contributed by atoms with Crippen molar-refractivity contribution in [2.75, 3.05) is 13.1 Å². The van der Waals surface area contributed by atoms with Crippen molar-refractivity contribution in [3.8, 4) is 0 Å². The van der Waals surface area contributed by atoms with Crippen LogP contribution in [0.2, 0.25) is 0 Å². The molecule has 1 N–H and O–H groups in total. The highest BCUT2D eigenvalue weighted by molar-refractivity contribution is 5.79. The maximum Gasteiger partial charge on any atom is 0.326 e. The van der Waals surface area contributed by atoms with Gasteiger partial charge in [0.1, 0.15) is 0 Å². The van der Waals surface area contributed by atoms with Crippen LogP contribution in [0.15, 0.2) is 53.3 Å². The van der Waals surface area contributed by atoms with E-state index in [4.69, 9.17) is 0 Å². The van der Waals surface area contributed by atoms with E-state index >= 15 is 0 Å². The Morgan fingerprint density at radius 2 is 1.88 bits per heavy atom. The first-order chi connectivity index (χ1) is 12.6. The third-order valence-electron chi connectivity index (χ3n) is 5.24. The molecule has 134 valence electrons. The number of nitrogens with one attached hydrogen (secondary N) is 1. The Balaban J connectivity index is 1.44. The zero-order valence-electron chi connectivity index (χ0n) is 14.9. The number of piperidine rings is 1. The van der Waals surface area contributed by atoms with Crippen molar-refractivity contribution in [3.05, 3.63) is 70.1 Å². The SMILES string of the molecule is Cc1cccc(CC(=O)N2CCC(n3c(=O)[nH]c4ccccc43)CC2)c1. The normalized spacial score (nSPS) is 15.5. The fraction of sp³-hybridized carbons (Fsp3) is 0.333. The molecule has 1 aromatic heterocycles. The largest absolute Gasteiger partial charge is 0.342 e. The second-order valence-corrected chi connectivity index (χ2v) is 7.10. The molecule has 1 saturated heterocycles. The minimum Gasteiger partial charge on any atom is -0.342 e. The third-order valence-corrected chi connectivity index (χ3v) is 5.24. The van der Waals surface area contributed by atoms with Gasteiger partial charge in [0.15, 0.2) is 0 Å². The maximum atomic E-state index is 12.6. The second-order valence-electron chi connectivity index (χ2n) is 7.10. The number of imidazole rings is 1. The summed E-state index contributed by atoms with van der Waals surface area (Å²) in [7, 11) is 0. The summed E-state index contributed by atoms with van der Waals surface area (Å²) in [6, 6.07) is 16.0. The highest BCUT2D eigenvalue weighted by atomic mass is 16.2. The monoisotopic (exact) mass is 349 g/mol. The fourth-order valence-electron chi connectivity index (χ4n) is 3.92. The number of hydrogen-bond acceptors (Lipinski definition) is 2. The predicted molar refractivity (Wildman–Crippen MR) is 102 cm³/mol. The molecule has 1 aliphatic rings. The van der Waals surface area contributed by atoms with Gasteiger partial charge in [0.2, 0.25) is 5.91 Å². The molecule has 4 rings (SSSR count). The first-order valence-electron chi connectivity index (χ1n) is 9.14. The molecule has 0 radical (unpaired) electrons. The Hall–Kier alpha value is -2.82. The van der Waals surface area contributed by atoms with Crippen LogP contribution >= 0.6 is 0 Å². The lowest BCUT2D eigenvalue weighted by molar-refractivity contribution is -0.131. The molecule has 26 heavy (non-hydrogen) atoms. The summed E-state index contributed by atoms with van der Waals surface area (Å²) in [6.07, 6.45) is 2.06. The second kappa shape index (κ2) is 6.83. The number of amides is 1. The molecule has 0 aliphatic carbocycles. The van der Waals surface area contributed by atoms with Gasteiger partial charge < -0.3 is 9.88 Å². The number of H-pyrrole nitrogens is 1. The third kappa shape index (κ3) is 3.17. The fourth-order valence-corrected chi connectivity index (χ4v) is 3.92. The molecule has 0 unspecified atom stereocenters. The summed E-state index contributed by atoms with van der Waals surface area (Å²) in [5.41, 5.74) is 3.99. The topological polar surface area (TPSA) is 58.1 Å². The van der Waals surface area contributed by atoms with E-state index in [-0.39, 0.29) is 17.6 Å². The molecular formula is C21H23N3O2. The lowest BCUT2D eigenvalue weighted by Gasteiger charge is -2.32. The number of fused-ring (bicyclic) bond motifs is 1. The number of para-hydroxylation sites is 2. The van der Waals surface area contributed by atoms with Gasteiger partial charge in [0.25, 0.3) is 0 Å². The molecule has 0 saturated carbocycles. The van der Waals surface area contributed by atoms with Crippen LogP contribution in [0.25, 0.3) is 11.0 Å². The number of aromatic nitrogens is 2. The van der Waals surface area contributed by atoms with Crippen LogP contribution in [0, 0.1) is 6.92 Å². The van der Waals surface area contributed by atoms with Gasteiger partial charge in [-0.1, -0.05) is 42.0 Å². The average Bonchev–Trinajstić information content (AvgIpc) is 2.97. The number of likely N-dealkylation sites (tertiary alicyclic amines) is 1. The molecule has 0 bridgehead atoms. The number of nitrogens with zero attached hydrogens (tertiary/aromatic N) is 2. The van der Waals surface area contributed by atoms with E-state index in [1.54, 1.807) is 0 Å². The lowest BCUT2D eigenvalue weighted by Crippen LogP contribution is -2.41. The van der Waals surface area contributed by atoms with E-state index in [1.165, 1.54) is 5.56 Å². The van der Waals surface area contributed by atoms with Crippen LogP contribution in [-0.2, 0) is 11.2 Å². The molecular weight excluding hydrogens is 326 g/mol. The highest BCUT2D eigenvalue weighted by Gasteiger charge is 2.26. The number of aryl methyl sites for hydroxylation is 1. The molecule has 0 atom stereocenters. The van der Waals surface area contributed by atoms with E-state index in [2.05, 4.69) is 11.1 Å². The molecule has 3 aromatic rings. The van der Waals surface area contributed by atoms with E-state index in [1.807, 2.05) is 58.9 Å². The Morgan fingerprint density at radius 3 is 2.65 bits per heavy atom. The standard InChI is InChI=1S/C21H23N3O2/c1-15-5-4-6-16(13-15)14-20(25)23-11-9-17(10-12-23)24-19-8-3-2-7-18(19)22-21(24)26/h2-8,13,17H,9-12,14H2,1H3,(H,22,26). The molecule has 5 heteroatoms. The van der Waals surface area contributed by atoms with E-state index in [0.29, 0.717) is 19.5 Å². The first-order valence-corrected chi connectivity index (χ1v) is 9.14. The molecule has 2 heterocycles. The number of carbonyl (C=O) groups excluding carboxylic acids is 1. The molecule has 1 fully saturated rings. The van der Waals surface area contributed by atoms with E-state index in [0.717, 1.165) is 29.4 Å². The number of rotatable bonds is 3. The summed E-state index contributed by atoms with van der Waals surface area (Å²) in [5, 5.41) is 0. The smallest absolute Gasteiger partial charge is 0.326 e. The van der Waals surface area contributed by atoms with Crippen LogP contribution in [0.1, 0.15) is 30.0 Å². The van der Waals surface area contributed by atoms with E-state index in [9.17, 15) is 9.59 Å². The Bertz CT molecular complexity index is 994.